The first-order chi connectivity index (χ1) is 11.7. The molecule has 1 aliphatic rings. The lowest BCUT2D eigenvalue weighted by Gasteiger charge is -2.21. The fourth-order valence-corrected chi connectivity index (χ4v) is 2.90. The average molecular weight is 325 g/mol. The summed E-state index contributed by atoms with van der Waals surface area (Å²) in [6.45, 7) is 4.92. The summed E-state index contributed by atoms with van der Waals surface area (Å²) in [5.41, 5.74) is 2.23. The molecule has 0 spiro atoms. The number of para-hydroxylation sites is 1. The maximum Gasteiger partial charge on any atom is 0.241 e. The van der Waals surface area contributed by atoms with E-state index in [4.69, 9.17) is 4.74 Å². The highest BCUT2D eigenvalue weighted by atomic mass is 16.5. The highest BCUT2D eigenvalue weighted by Crippen LogP contribution is 2.27. The van der Waals surface area contributed by atoms with Crippen LogP contribution in [0.2, 0.25) is 0 Å². The van der Waals surface area contributed by atoms with Crippen LogP contribution in [0.4, 0.5) is 0 Å². The van der Waals surface area contributed by atoms with Gasteiger partial charge in [-0.25, -0.2) is 0 Å². The summed E-state index contributed by atoms with van der Waals surface area (Å²) in [6, 6.07) is 11.9. The summed E-state index contributed by atoms with van der Waals surface area (Å²) in [4.78, 5) is 20.8. The van der Waals surface area contributed by atoms with Crippen LogP contribution in [0.1, 0.15) is 18.1 Å². The molecule has 0 saturated carbocycles. The number of pyridine rings is 1. The minimum absolute atomic E-state index is 0.0169. The predicted molar refractivity (Wildman–Crippen MR) is 92.5 cm³/mol. The lowest BCUT2D eigenvalue weighted by atomic mass is 10.2. The molecule has 5 nitrogen and oxygen atoms in total. The number of hydrogen-bond acceptors (Lipinski definition) is 4. The first-order valence-electron chi connectivity index (χ1n) is 8.26. The second-order valence-corrected chi connectivity index (χ2v) is 5.96. The minimum atomic E-state index is -0.0169. The SMILES string of the molecule is CCN(Cc1ccncc1)C(=O)C1CN1Cc1ccccc1OC. The predicted octanol–water partition coefficient (Wildman–Crippen LogP) is 2.32. The lowest BCUT2D eigenvalue weighted by Crippen LogP contribution is -2.35. The molecule has 2 unspecified atom stereocenters. The number of nitrogens with zero attached hydrogens (tertiary/aromatic N) is 3. The number of carbonyl (C=O) groups excluding carboxylic acids is 1. The van der Waals surface area contributed by atoms with Crippen molar-refractivity contribution in [1.29, 1.82) is 0 Å². The Hall–Kier alpha value is -2.40. The van der Waals surface area contributed by atoms with Gasteiger partial charge < -0.3 is 9.64 Å². The molecule has 1 fully saturated rings. The Balaban J connectivity index is 1.60. The number of aromatic nitrogens is 1. The molecular weight excluding hydrogens is 302 g/mol. The molecule has 5 heteroatoms. The van der Waals surface area contributed by atoms with Crippen molar-refractivity contribution in [3.05, 3.63) is 59.9 Å². The summed E-state index contributed by atoms with van der Waals surface area (Å²) in [5, 5.41) is 0. The van der Waals surface area contributed by atoms with E-state index >= 15 is 0 Å². The van der Waals surface area contributed by atoms with Crippen LogP contribution in [-0.4, -0.2) is 46.9 Å². The first-order valence-corrected chi connectivity index (χ1v) is 8.26. The zero-order valence-corrected chi connectivity index (χ0v) is 14.2. The van der Waals surface area contributed by atoms with E-state index in [2.05, 4.69) is 9.88 Å². The number of amides is 1. The Kier molecular flexibility index (Phi) is 5.11. The molecule has 0 N–H and O–H groups in total. The van der Waals surface area contributed by atoms with Gasteiger partial charge in [-0.05, 0) is 30.7 Å². The molecule has 1 aliphatic heterocycles. The fourth-order valence-electron chi connectivity index (χ4n) is 2.90. The Morgan fingerprint density at radius 2 is 2.04 bits per heavy atom. The average Bonchev–Trinajstić information content (AvgIpc) is 3.39. The second kappa shape index (κ2) is 7.45. The number of ether oxygens (including phenoxy) is 1. The lowest BCUT2D eigenvalue weighted by molar-refractivity contribution is -0.131. The molecule has 2 atom stereocenters. The summed E-state index contributed by atoms with van der Waals surface area (Å²) >= 11 is 0. The van der Waals surface area contributed by atoms with Gasteiger partial charge in [0.15, 0.2) is 0 Å². The highest BCUT2D eigenvalue weighted by molar-refractivity contribution is 5.84. The smallest absolute Gasteiger partial charge is 0.241 e. The van der Waals surface area contributed by atoms with E-state index in [0.29, 0.717) is 13.1 Å². The summed E-state index contributed by atoms with van der Waals surface area (Å²) in [5.74, 6) is 1.07. The van der Waals surface area contributed by atoms with Crippen LogP contribution in [0, 0.1) is 0 Å². The Morgan fingerprint density at radius 1 is 1.29 bits per heavy atom. The van der Waals surface area contributed by atoms with E-state index in [1.807, 2.05) is 48.2 Å². The first kappa shape index (κ1) is 16.5. The van der Waals surface area contributed by atoms with Crippen molar-refractivity contribution in [3.63, 3.8) is 0 Å². The van der Waals surface area contributed by atoms with E-state index in [0.717, 1.165) is 30.0 Å². The largest absolute Gasteiger partial charge is 0.496 e. The molecule has 1 amide bonds. The molecule has 2 heterocycles. The number of rotatable bonds is 7. The van der Waals surface area contributed by atoms with Crippen LogP contribution in [0.25, 0.3) is 0 Å². The topological polar surface area (TPSA) is 45.4 Å². The maximum absolute atomic E-state index is 12.7. The van der Waals surface area contributed by atoms with E-state index in [-0.39, 0.29) is 11.9 Å². The molecule has 2 aromatic rings. The van der Waals surface area contributed by atoms with Gasteiger partial charge in [0.2, 0.25) is 5.91 Å². The van der Waals surface area contributed by atoms with Gasteiger partial charge in [0.05, 0.1) is 7.11 Å². The van der Waals surface area contributed by atoms with E-state index in [1.54, 1.807) is 19.5 Å². The number of methoxy groups -OCH3 is 1. The zero-order valence-electron chi connectivity index (χ0n) is 14.2. The fraction of sp³-hybridized carbons (Fsp3) is 0.368. The molecule has 0 bridgehead atoms. The van der Waals surface area contributed by atoms with Crippen molar-refractivity contribution < 1.29 is 9.53 Å². The molecule has 24 heavy (non-hydrogen) atoms. The molecule has 0 aliphatic carbocycles. The quantitative estimate of drug-likeness (QED) is 0.733. The molecule has 126 valence electrons. The number of carbonyl (C=O) groups is 1. The third-order valence-electron chi connectivity index (χ3n) is 4.38. The molecule has 1 aromatic carbocycles. The third kappa shape index (κ3) is 3.74. The van der Waals surface area contributed by atoms with Crippen LogP contribution < -0.4 is 4.74 Å². The van der Waals surface area contributed by atoms with Gasteiger partial charge in [0.25, 0.3) is 0 Å². The van der Waals surface area contributed by atoms with Crippen LogP contribution >= 0.6 is 0 Å². The van der Waals surface area contributed by atoms with Gasteiger partial charge in [-0.2, -0.15) is 0 Å². The van der Waals surface area contributed by atoms with Crippen LogP contribution in [0.15, 0.2) is 48.8 Å². The second-order valence-electron chi connectivity index (χ2n) is 5.96. The zero-order chi connectivity index (χ0) is 16.9. The summed E-state index contributed by atoms with van der Waals surface area (Å²) in [6.07, 6.45) is 3.53. The van der Waals surface area contributed by atoms with Gasteiger partial charge >= 0.3 is 0 Å². The van der Waals surface area contributed by atoms with Gasteiger partial charge in [-0.1, -0.05) is 18.2 Å². The highest BCUT2D eigenvalue weighted by Gasteiger charge is 2.42. The van der Waals surface area contributed by atoms with Crippen LogP contribution in [0.5, 0.6) is 5.75 Å². The molecule has 3 rings (SSSR count). The number of hydrogen-bond donors (Lipinski definition) is 0. The van der Waals surface area contributed by atoms with E-state index < -0.39 is 0 Å². The van der Waals surface area contributed by atoms with Crippen LogP contribution in [-0.2, 0) is 17.9 Å². The van der Waals surface area contributed by atoms with E-state index in [1.165, 1.54) is 0 Å². The Morgan fingerprint density at radius 3 is 2.75 bits per heavy atom. The summed E-state index contributed by atoms with van der Waals surface area (Å²) < 4.78 is 5.39. The number of benzene rings is 1. The molecule has 1 aromatic heterocycles. The maximum atomic E-state index is 12.7. The standard InChI is InChI=1S/C19H23N3O2/c1-3-21(12-15-8-10-20-11-9-15)19(23)17-14-22(17)13-16-6-4-5-7-18(16)24-2/h4-11,17H,3,12-14H2,1-2H3. The van der Waals surface area contributed by atoms with E-state index in [9.17, 15) is 4.79 Å². The van der Waals surface area contributed by atoms with Crippen molar-refractivity contribution in [2.45, 2.75) is 26.1 Å². The van der Waals surface area contributed by atoms with Gasteiger partial charge in [0.1, 0.15) is 11.8 Å². The monoisotopic (exact) mass is 325 g/mol. The summed E-state index contributed by atoms with van der Waals surface area (Å²) in [7, 11) is 1.68. The van der Waals surface area contributed by atoms with Crippen molar-refractivity contribution in [2.75, 3.05) is 20.2 Å². The normalized spacial score (nSPS) is 18.9. The molecule has 0 radical (unpaired) electrons. The van der Waals surface area contributed by atoms with Crippen LogP contribution in [0.3, 0.4) is 0 Å². The Bertz CT molecular complexity index is 690. The van der Waals surface area contributed by atoms with Crippen molar-refractivity contribution >= 4 is 5.91 Å². The number of likely N-dealkylation sites (N-methyl/N-ethyl adjacent to an activating group) is 1. The minimum Gasteiger partial charge on any atom is -0.496 e. The van der Waals surface area contributed by atoms with Gasteiger partial charge in [-0.15, -0.1) is 0 Å². The molecule has 1 saturated heterocycles. The Labute approximate surface area is 142 Å². The van der Waals surface area contributed by atoms with Gasteiger partial charge in [-0.3, -0.25) is 14.7 Å². The van der Waals surface area contributed by atoms with Crippen molar-refractivity contribution in [3.8, 4) is 5.75 Å². The van der Waals surface area contributed by atoms with Gasteiger partial charge in [0, 0.05) is 44.1 Å². The molecular formula is C19H23N3O2. The van der Waals surface area contributed by atoms with Crippen molar-refractivity contribution in [1.82, 2.24) is 14.8 Å². The third-order valence-corrected chi connectivity index (χ3v) is 4.38. The van der Waals surface area contributed by atoms with Crippen molar-refractivity contribution in [2.24, 2.45) is 0 Å².